The summed E-state index contributed by atoms with van der Waals surface area (Å²) in [5, 5.41) is 5.84. The van der Waals surface area contributed by atoms with Gasteiger partial charge in [0.2, 0.25) is 20.0 Å². The number of nitrogens with zero attached hydrogens (tertiary/aromatic N) is 2. The highest BCUT2D eigenvalue weighted by Crippen LogP contribution is 2.22. The van der Waals surface area contributed by atoms with Crippen molar-refractivity contribution < 1.29 is 26.4 Å². The summed E-state index contributed by atoms with van der Waals surface area (Å²) in [5.74, 6) is -0.376. The number of amides is 2. The predicted octanol–water partition coefficient (Wildman–Crippen LogP) is 5.34. The van der Waals surface area contributed by atoms with Crippen LogP contribution in [0.4, 0.5) is 11.4 Å². The van der Waals surface area contributed by atoms with Crippen LogP contribution in [-0.4, -0.2) is 54.3 Å². The maximum Gasteiger partial charge on any atom is 0.251 e. The summed E-state index contributed by atoms with van der Waals surface area (Å²) >= 11 is 0. The van der Waals surface area contributed by atoms with Crippen molar-refractivity contribution in [2.45, 2.75) is 38.8 Å². The van der Waals surface area contributed by atoms with Gasteiger partial charge in [0.05, 0.1) is 37.0 Å². The predicted molar refractivity (Wildman–Crippen MR) is 191 cm³/mol. The number of benzene rings is 4. The van der Waals surface area contributed by atoms with Crippen LogP contribution in [0, 0.1) is 0 Å². The Morgan fingerprint density at radius 1 is 0.500 bits per heavy atom. The van der Waals surface area contributed by atoms with Gasteiger partial charge in [-0.2, -0.15) is 0 Å². The van der Waals surface area contributed by atoms with Crippen LogP contribution in [0.5, 0.6) is 0 Å². The lowest BCUT2D eigenvalue weighted by molar-refractivity contribution is 0.0943. The van der Waals surface area contributed by atoms with E-state index in [1.165, 1.54) is 21.1 Å². The van der Waals surface area contributed by atoms with Gasteiger partial charge >= 0.3 is 0 Å². The number of sulfonamides is 2. The smallest absolute Gasteiger partial charge is 0.251 e. The van der Waals surface area contributed by atoms with Gasteiger partial charge in [-0.3, -0.25) is 18.2 Å². The van der Waals surface area contributed by atoms with E-state index >= 15 is 0 Å². The van der Waals surface area contributed by atoms with Gasteiger partial charge in [-0.05, 0) is 72.5 Å². The van der Waals surface area contributed by atoms with Gasteiger partial charge in [-0.25, -0.2) is 16.8 Å². The normalized spacial score (nSPS) is 11.5. The Labute approximate surface area is 283 Å². The molecule has 0 aliphatic rings. The van der Waals surface area contributed by atoms with Crippen LogP contribution < -0.4 is 19.2 Å². The first-order chi connectivity index (χ1) is 22.9. The number of hydrogen-bond donors (Lipinski definition) is 2. The second-order valence-corrected chi connectivity index (χ2v) is 15.3. The van der Waals surface area contributed by atoms with E-state index in [4.69, 9.17) is 0 Å². The molecule has 12 heteroatoms. The molecule has 254 valence electrons. The second-order valence-electron chi connectivity index (χ2n) is 11.5. The van der Waals surface area contributed by atoms with Crippen LogP contribution >= 0.6 is 0 Å². The summed E-state index contributed by atoms with van der Waals surface area (Å²) in [6, 6.07) is 31.6. The van der Waals surface area contributed by atoms with Crippen molar-refractivity contribution in [1.29, 1.82) is 0 Å². The Hall–Kier alpha value is -4.68. The van der Waals surface area contributed by atoms with Gasteiger partial charge in [0, 0.05) is 24.2 Å². The van der Waals surface area contributed by atoms with Crippen LogP contribution in [0.15, 0.2) is 109 Å². The Balaban J connectivity index is 1.12. The molecule has 0 aliphatic heterocycles. The Morgan fingerprint density at radius 2 is 0.833 bits per heavy atom. The first-order valence-corrected chi connectivity index (χ1v) is 19.4. The molecule has 0 bridgehead atoms. The third-order valence-corrected chi connectivity index (χ3v) is 9.93. The topological polar surface area (TPSA) is 133 Å². The molecule has 0 saturated carbocycles. The van der Waals surface area contributed by atoms with Gasteiger partial charge in [0.15, 0.2) is 0 Å². The number of carbonyl (C=O) groups is 2. The van der Waals surface area contributed by atoms with Crippen LogP contribution in [-0.2, 0) is 33.1 Å². The summed E-state index contributed by atoms with van der Waals surface area (Å²) in [6.07, 6.45) is 5.73. The molecular weight excluding hydrogens is 649 g/mol. The molecule has 4 aromatic carbocycles. The molecule has 0 heterocycles. The molecular formula is C36H42N4O6S2. The Bertz CT molecular complexity index is 1710. The number of rotatable bonds is 17. The molecule has 0 saturated heterocycles. The van der Waals surface area contributed by atoms with Crippen molar-refractivity contribution in [3.05, 3.63) is 131 Å². The average Bonchev–Trinajstić information content (AvgIpc) is 3.07. The lowest BCUT2D eigenvalue weighted by Crippen LogP contribution is -2.29. The monoisotopic (exact) mass is 690 g/mol. The van der Waals surface area contributed by atoms with E-state index in [-0.39, 0.29) is 24.9 Å². The highest BCUT2D eigenvalue weighted by Gasteiger charge is 2.19. The number of para-hydroxylation sites is 2. The van der Waals surface area contributed by atoms with Crippen LogP contribution in [0.3, 0.4) is 0 Å². The highest BCUT2D eigenvalue weighted by molar-refractivity contribution is 7.92. The van der Waals surface area contributed by atoms with Crippen molar-refractivity contribution in [3.63, 3.8) is 0 Å². The van der Waals surface area contributed by atoms with Crippen molar-refractivity contribution in [2.24, 2.45) is 0 Å². The Morgan fingerprint density at radius 3 is 1.15 bits per heavy atom. The van der Waals surface area contributed by atoms with E-state index in [9.17, 15) is 26.4 Å². The van der Waals surface area contributed by atoms with Gasteiger partial charge in [-0.1, -0.05) is 73.5 Å². The van der Waals surface area contributed by atoms with E-state index in [2.05, 4.69) is 10.6 Å². The van der Waals surface area contributed by atoms with Gasteiger partial charge < -0.3 is 10.6 Å². The molecule has 4 rings (SSSR count). The maximum absolute atomic E-state index is 12.6. The molecule has 0 unspecified atom stereocenters. The first kappa shape index (κ1) is 36.2. The zero-order valence-electron chi connectivity index (χ0n) is 27.2. The number of nitrogens with one attached hydrogen (secondary N) is 2. The molecule has 0 fully saturated rings. The summed E-state index contributed by atoms with van der Waals surface area (Å²) in [7, 11) is -6.97. The fourth-order valence-electron chi connectivity index (χ4n) is 5.05. The zero-order chi connectivity index (χ0) is 34.6. The van der Waals surface area contributed by atoms with Gasteiger partial charge in [0.25, 0.3) is 11.8 Å². The number of hydrogen-bond acceptors (Lipinski definition) is 6. The minimum atomic E-state index is -3.48. The van der Waals surface area contributed by atoms with E-state index in [0.29, 0.717) is 35.6 Å². The van der Waals surface area contributed by atoms with Gasteiger partial charge in [-0.15, -0.1) is 0 Å². The number of carbonyl (C=O) groups excluding carboxylic acids is 2. The summed E-state index contributed by atoms with van der Waals surface area (Å²) in [5.41, 5.74) is 3.70. The molecule has 10 nitrogen and oxygen atoms in total. The first-order valence-electron chi connectivity index (χ1n) is 15.7. The molecule has 48 heavy (non-hydrogen) atoms. The molecule has 2 amide bonds. The van der Waals surface area contributed by atoms with E-state index < -0.39 is 20.0 Å². The molecule has 4 aromatic rings. The lowest BCUT2D eigenvalue weighted by atomic mass is 10.1. The summed E-state index contributed by atoms with van der Waals surface area (Å²) < 4.78 is 52.1. The molecule has 0 aromatic heterocycles. The van der Waals surface area contributed by atoms with E-state index in [1.54, 1.807) is 97.1 Å². The fourth-order valence-corrected chi connectivity index (χ4v) is 6.83. The maximum atomic E-state index is 12.6. The average molecular weight is 691 g/mol. The number of unbranched alkanes of at least 4 members (excludes halogenated alkanes) is 3. The standard InChI is InChI=1S/C36H42N4O6S2/c1-47(43,44)39(33-13-7-5-8-14-33)27-29-17-21-31(22-18-29)35(41)37-25-11-3-4-12-26-38-36(42)32-23-19-30(20-24-32)28-40(48(2,45)46)34-15-9-6-10-16-34/h5-10,13-24H,3-4,11-12,25-28H2,1-2H3,(H,37,41)(H,38,42). The van der Waals surface area contributed by atoms with Crippen LogP contribution in [0.2, 0.25) is 0 Å². The molecule has 0 atom stereocenters. The van der Waals surface area contributed by atoms with Crippen molar-refractivity contribution in [3.8, 4) is 0 Å². The Kier molecular flexibility index (Phi) is 12.8. The second kappa shape index (κ2) is 16.9. The van der Waals surface area contributed by atoms with Crippen molar-refractivity contribution in [1.82, 2.24) is 10.6 Å². The van der Waals surface area contributed by atoms with Crippen LogP contribution in [0.25, 0.3) is 0 Å². The third kappa shape index (κ3) is 11.0. The summed E-state index contributed by atoms with van der Waals surface area (Å²) in [4.78, 5) is 25.2. The quantitative estimate of drug-likeness (QED) is 0.144. The zero-order valence-corrected chi connectivity index (χ0v) is 28.8. The lowest BCUT2D eigenvalue weighted by Gasteiger charge is -2.22. The molecule has 0 radical (unpaired) electrons. The largest absolute Gasteiger partial charge is 0.352 e. The highest BCUT2D eigenvalue weighted by atomic mass is 32.2. The van der Waals surface area contributed by atoms with E-state index in [0.717, 1.165) is 36.8 Å². The molecule has 2 N–H and O–H groups in total. The molecule has 0 aliphatic carbocycles. The van der Waals surface area contributed by atoms with E-state index in [1.807, 2.05) is 12.1 Å². The minimum absolute atomic E-state index is 0.166. The third-order valence-electron chi connectivity index (χ3n) is 7.65. The number of anilines is 2. The van der Waals surface area contributed by atoms with Gasteiger partial charge in [0.1, 0.15) is 0 Å². The molecule has 0 spiro atoms. The van der Waals surface area contributed by atoms with Crippen molar-refractivity contribution in [2.75, 3.05) is 34.2 Å². The fraction of sp³-hybridized carbons (Fsp3) is 0.278. The van der Waals surface area contributed by atoms with Crippen LogP contribution in [0.1, 0.15) is 57.5 Å². The summed E-state index contributed by atoms with van der Waals surface area (Å²) in [6.45, 7) is 1.38. The SMILES string of the molecule is CS(=O)(=O)N(Cc1ccc(C(=O)NCCCCCCNC(=O)c2ccc(CN(c3ccccc3)S(C)(=O)=O)cc2)cc1)c1ccccc1. The minimum Gasteiger partial charge on any atom is -0.352 e. The van der Waals surface area contributed by atoms with Crippen molar-refractivity contribution >= 4 is 43.2 Å².